The summed E-state index contributed by atoms with van der Waals surface area (Å²) in [6.45, 7) is 3.79. The molecule has 0 spiro atoms. The molecule has 3 amide bonds. The minimum absolute atomic E-state index is 0.0462. The Kier molecular flexibility index (Phi) is 4.95. The Balaban J connectivity index is 1.62. The van der Waals surface area contributed by atoms with Crippen molar-refractivity contribution in [2.45, 2.75) is 20.4 Å². The third kappa shape index (κ3) is 3.61. The molecule has 1 aromatic heterocycles. The summed E-state index contributed by atoms with van der Waals surface area (Å²) < 4.78 is 28.6. The molecule has 4 rings (SSSR count). The maximum Gasteiger partial charge on any atom is 0.329 e. The van der Waals surface area contributed by atoms with Crippen molar-refractivity contribution in [3.8, 4) is 5.69 Å². The fraction of sp³-hybridized carbons (Fsp3) is 0.130. The summed E-state index contributed by atoms with van der Waals surface area (Å²) in [5.74, 6) is -1.18. The molecule has 5 nitrogen and oxygen atoms in total. The number of carbonyl (C=O) groups is 2. The highest BCUT2D eigenvalue weighted by molar-refractivity contribution is 6.13. The average Bonchev–Trinajstić information content (AvgIpc) is 3.13. The molecule has 7 heteroatoms. The van der Waals surface area contributed by atoms with Crippen LogP contribution in [0.3, 0.4) is 0 Å². The lowest BCUT2D eigenvalue weighted by Gasteiger charge is -2.11. The molecule has 1 fully saturated rings. The Morgan fingerprint density at radius 1 is 0.967 bits per heavy atom. The van der Waals surface area contributed by atoms with Crippen molar-refractivity contribution in [2.24, 2.45) is 0 Å². The minimum atomic E-state index is -0.533. The monoisotopic (exact) mass is 407 g/mol. The molecule has 0 atom stereocenters. The van der Waals surface area contributed by atoms with Gasteiger partial charge in [-0.3, -0.25) is 9.69 Å². The summed E-state index contributed by atoms with van der Waals surface area (Å²) in [5, 5.41) is 2.59. The van der Waals surface area contributed by atoms with Crippen LogP contribution in [0, 0.1) is 25.5 Å². The number of aromatic nitrogens is 1. The third-order valence-corrected chi connectivity index (χ3v) is 5.05. The van der Waals surface area contributed by atoms with E-state index < -0.39 is 11.9 Å². The summed E-state index contributed by atoms with van der Waals surface area (Å²) >= 11 is 0. The molecule has 1 N–H and O–H groups in total. The number of hydrogen-bond donors (Lipinski definition) is 1. The van der Waals surface area contributed by atoms with Crippen LogP contribution in [0.5, 0.6) is 0 Å². The maximum absolute atomic E-state index is 13.6. The summed E-state index contributed by atoms with van der Waals surface area (Å²) in [7, 11) is 0. The molecule has 3 aromatic rings. The largest absolute Gasteiger partial charge is 0.329 e. The van der Waals surface area contributed by atoms with E-state index in [9.17, 15) is 18.4 Å². The smallest absolute Gasteiger partial charge is 0.318 e. The second kappa shape index (κ2) is 7.59. The van der Waals surface area contributed by atoms with E-state index in [1.165, 1.54) is 36.4 Å². The SMILES string of the molecule is Cc1cc(/C=C2/NC(=O)N(Cc3ccc(F)cc3)C2=O)c(C)n1-c1cccc(F)c1. The van der Waals surface area contributed by atoms with E-state index in [0.717, 1.165) is 21.9 Å². The maximum atomic E-state index is 13.6. The molecule has 0 unspecified atom stereocenters. The minimum Gasteiger partial charge on any atom is -0.318 e. The molecule has 1 saturated heterocycles. The van der Waals surface area contributed by atoms with E-state index in [-0.39, 0.29) is 23.9 Å². The van der Waals surface area contributed by atoms with Crippen LogP contribution >= 0.6 is 0 Å². The number of benzene rings is 2. The number of carbonyl (C=O) groups excluding carboxylic acids is 2. The number of nitrogens with zero attached hydrogens (tertiary/aromatic N) is 2. The van der Waals surface area contributed by atoms with Gasteiger partial charge in [-0.25, -0.2) is 13.6 Å². The van der Waals surface area contributed by atoms with Gasteiger partial charge in [-0.1, -0.05) is 18.2 Å². The van der Waals surface area contributed by atoms with Crippen LogP contribution in [0.2, 0.25) is 0 Å². The van der Waals surface area contributed by atoms with Crippen LogP contribution in [-0.4, -0.2) is 21.4 Å². The van der Waals surface area contributed by atoms with Crippen LogP contribution in [0.15, 0.2) is 60.3 Å². The molecule has 2 heterocycles. The molecule has 0 saturated carbocycles. The molecule has 0 aliphatic carbocycles. The predicted molar refractivity (Wildman–Crippen MR) is 109 cm³/mol. The number of rotatable bonds is 4. The van der Waals surface area contributed by atoms with Gasteiger partial charge in [0.1, 0.15) is 17.3 Å². The lowest BCUT2D eigenvalue weighted by molar-refractivity contribution is -0.123. The molecule has 1 aliphatic rings. The van der Waals surface area contributed by atoms with Gasteiger partial charge in [0.25, 0.3) is 5.91 Å². The van der Waals surface area contributed by atoms with Gasteiger partial charge in [0.2, 0.25) is 0 Å². The van der Waals surface area contributed by atoms with Crippen molar-refractivity contribution in [3.63, 3.8) is 0 Å². The average molecular weight is 407 g/mol. The first kappa shape index (κ1) is 19.6. The van der Waals surface area contributed by atoms with Gasteiger partial charge in [-0.2, -0.15) is 0 Å². The number of aryl methyl sites for hydroxylation is 1. The molecule has 30 heavy (non-hydrogen) atoms. The zero-order valence-electron chi connectivity index (χ0n) is 16.4. The van der Waals surface area contributed by atoms with Crippen molar-refractivity contribution >= 4 is 18.0 Å². The highest BCUT2D eigenvalue weighted by atomic mass is 19.1. The van der Waals surface area contributed by atoms with E-state index >= 15 is 0 Å². The fourth-order valence-electron chi connectivity index (χ4n) is 3.59. The van der Waals surface area contributed by atoms with Crippen LogP contribution in [-0.2, 0) is 11.3 Å². The number of hydrogen-bond acceptors (Lipinski definition) is 2. The Hall–Kier alpha value is -3.74. The summed E-state index contributed by atoms with van der Waals surface area (Å²) in [5.41, 5.74) is 3.89. The fourth-order valence-corrected chi connectivity index (χ4v) is 3.59. The first-order valence-electron chi connectivity index (χ1n) is 9.37. The van der Waals surface area contributed by atoms with Gasteiger partial charge in [0.05, 0.1) is 6.54 Å². The van der Waals surface area contributed by atoms with Crippen LogP contribution < -0.4 is 5.32 Å². The van der Waals surface area contributed by atoms with Gasteiger partial charge >= 0.3 is 6.03 Å². The molecule has 152 valence electrons. The van der Waals surface area contributed by atoms with Crippen LogP contribution in [0.1, 0.15) is 22.5 Å². The lowest BCUT2D eigenvalue weighted by atomic mass is 10.2. The number of amides is 3. The highest BCUT2D eigenvalue weighted by Crippen LogP contribution is 2.25. The normalized spacial score (nSPS) is 15.2. The first-order chi connectivity index (χ1) is 14.3. The van der Waals surface area contributed by atoms with Gasteiger partial charge in [0, 0.05) is 17.1 Å². The second-order valence-corrected chi connectivity index (χ2v) is 7.15. The zero-order chi connectivity index (χ0) is 21.4. The van der Waals surface area contributed by atoms with Crippen LogP contribution in [0.25, 0.3) is 11.8 Å². The third-order valence-electron chi connectivity index (χ3n) is 5.05. The van der Waals surface area contributed by atoms with E-state index in [1.54, 1.807) is 18.2 Å². The molecular formula is C23H19F2N3O2. The Morgan fingerprint density at radius 3 is 2.40 bits per heavy atom. The number of urea groups is 1. The number of nitrogens with one attached hydrogen (secondary N) is 1. The number of halogens is 2. The topological polar surface area (TPSA) is 54.3 Å². The van der Waals surface area contributed by atoms with E-state index in [2.05, 4.69) is 5.32 Å². The first-order valence-corrected chi connectivity index (χ1v) is 9.37. The predicted octanol–water partition coefficient (Wildman–Crippen LogP) is 4.47. The Morgan fingerprint density at radius 2 is 1.70 bits per heavy atom. The highest BCUT2D eigenvalue weighted by Gasteiger charge is 2.33. The van der Waals surface area contributed by atoms with E-state index in [4.69, 9.17) is 0 Å². The van der Waals surface area contributed by atoms with Crippen molar-refractivity contribution in [3.05, 3.63) is 94.4 Å². The Bertz CT molecular complexity index is 1180. The van der Waals surface area contributed by atoms with Gasteiger partial charge < -0.3 is 9.88 Å². The van der Waals surface area contributed by atoms with Gasteiger partial charge in [-0.15, -0.1) is 0 Å². The Labute approximate surface area is 172 Å². The van der Waals surface area contributed by atoms with E-state index in [0.29, 0.717) is 11.3 Å². The molecular weight excluding hydrogens is 388 g/mol. The second-order valence-electron chi connectivity index (χ2n) is 7.15. The molecule has 2 aromatic carbocycles. The molecule has 1 aliphatic heterocycles. The quantitative estimate of drug-likeness (QED) is 0.513. The van der Waals surface area contributed by atoms with Crippen LogP contribution in [0.4, 0.5) is 13.6 Å². The zero-order valence-corrected chi connectivity index (χ0v) is 16.4. The van der Waals surface area contributed by atoms with E-state index in [1.807, 2.05) is 24.5 Å². The standard InChI is InChI=1S/C23H19F2N3O2/c1-14-10-17(15(2)28(14)20-5-3-4-19(25)12-20)11-21-22(29)27(23(30)26-21)13-16-6-8-18(24)9-7-16/h3-12H,13H2,1-2H3,(H,26,30)/b21-11+. The van der Waals surface area contributed by atoms with Crippen molar-refractivity contribution in [1.82, 2.24) is 14.8 Å². The van der Waals surface area contributed by atoms with Crippen molar-refractivity contribution in [1.29, 1.82) is 0 Å². The van der Waals surface area contributed by atoms with Crippen molar-refractivity contribution in [2.75, 3.05) is 0 Å². The number of imide groups is 1. The summed E-state index contributed by atoms with van der Waals surface area (Å²) in [6, 6.07) is 13.2. The summed E-state index contributed by atoms with van der Waals surface area (Å²) in [6.07, 6.45) is 1.61. The van der Waals surface area contributed by atoms with Gasteiger partial charge in [-0.05, 0) is 67.4 Å². The summed E-state index contributed by atoms with van der Waals surface area (Å²) in [4.78, 5) is 26.1. The van der Waals surface area contributed by atoms with Crippen molar-refractivity contribution < 1.29 is 18.4 Å². The van der Waals surface area contributed by atoms with Gasteiger partial charge in [0.15, 0.2) is 0 Å². The lowest BCUT2D eigenvalue weighted by Crippen LogP contribution is -2.30. The molecule has 0 radical (unpaired) electrons. The molecule has 0 bridgehead atoms.